The van der Waals surface area contributed by atoms with Crippen molar-refractivity contribution in [3.05, 3.63) is 34.6 Å². The lowest BCUT2D eigenvalue weighted by Gasteiger charge is -2.38. The lowest BCUT2D eigenvalue weighted by Crippen LogP contribution is -2.48. The van der Waals surface area contributed by atoms with Gasteiger partial charge in [-0.3, -0.25) is 9.69 Å². The van der Waals surface area contributed by atoms with Crippen molar-refractivity contribution in [2.75, 3.05) is 53.4 Å². The van der Waals surface area contributed by atoms with Gasteiger partial charge in [0, 0.05) is 50.9 Å². The van der Waals surface area contributed by atoms with Gasteiger partial charge in [-0.05, 0) is 26.0 Å². The van der Waals surface area contributed by atoms with Crippen LogP contribution < -0.4 is 10.6 Å². The summed E-state index contributed by atoms with van der Waals surface area (Å²) in [6.07, 6.45) is 0.0522. The Morgan fingerprint density at radius 3 is 2.77 bits per heavy atom. The van der Waals surface area contributed by atoms with Gasteiger partial charge in [-0.15, -0.1) is 24.0 Å². The fourth-order valence-electron chi connectivity index (χ4n) is 3.19. The predicted octanol–water partition coefficient (Wildman–Crippen LogP) is 2.50. The number of ether oxygens (including phenoxy) is 1. The number of rotatable bonds is 7. The number of nitrogens with one attached hydrogen (secondary N) is 2. The predicted molar refractivity (Wildman–Crippen MR) is 129 cm³/mol. The Balaban J connectivity index is 0.00000450. The quantitative estimate of drug-likeness (QED) is 0.308. The zero-order valence-electron chi connectivity index (χ0n) is 18.0. The minimum atomic E-state index is -0.340. The van der Waals surface area contributed by atoms with Crippen molar-refractivity contribution in [1.29, 1.82) is 0 Å². The molecule has 170 valence electrons. The summed E-state index contributed by atoms with van der Waals surface area (Å²) in [6, 6.07) is 4.42. The standard InChI is InChI=1S/C20H31ClFN5O2.HI/c1-5-23-20(25-12-18(28)26(3)4)24-11-17(27-9-10-29-14(2)13-27)19-15(21)7-6-8-16(19)22;/h6-8,14,17H,5,9-13H2,1-4H3,(H2,23,24,25);1H. The number of hydrogen-bond donors (Lipinski definition) is 2. The summed E-state index contributed by atoms with van der Waals surface area (Å²) >= 11 is 6.37. The number of guanidine groups is 1. The van der Waals surface area contributed by atoms with Crippen LogP contribution in [0.1, 0.15) is 25.5 Å². The maximum absolute atomic E-state index is 14.7. The second-order valence-corrected chi connectivity index (χ2v) is 7.60. The van der Waals surface area contributed by atoms with E-state index in [-0.39, 0.29) is 54.4 Å². The van der Waals surface area contributed by atoms with Gasteiger partial charge >= 0.3 is 0 Å². The molecule has 2 rings (SSSR count). The Bertz CT molecular complexity index is 702. The van der Waals surface area contributed by atoms with Crippen LogP contribution in [0.5, 0.6) is 0 Å². The van der Waals surface area contributed by atoms with Gasteiger partial charge in [0.05, 0.1) is 18.8 Å². The molecule has 10 heteroatoms. The number of likely N-dealkylation sites (N-methyl/N-ethyl adjacent to an activating group) is 1. The van der Waals surface area contributed by atoms with Crippen LogP contribution in [0.15, 0.2) is 23.2 Å². The highest BCUT2D eigenvalue weighted by atomic mass is 127. The molecule has 1 aromatic carbocycles. The second kappa shape index (κ2) is 13.3. The number of benzene rings is 1. The van der Waals surface area contributed by atoms with Gasteiger partial charge in [0.25, 0.3) is 0 Å². The van der Waals surface area contributed by atoms with Crippen LogP contribution in [0.2, 0.25) is 5.02 Å². The molecule has 1 aliphatic heterocycles. The van der Waals surface area contributed by atoms with Crippen LogP contribution in [0.4, 0.5) is 4.39 Å². The van der Waals surface area contributed by atoms with Crippen molar-refractivity contribution >= 4 is 47.4 Å². The number of halogens is 3. The lowest BCUT2D eigenvalue weighted by atomic mass is 10.0. The molecular weight excluding hydrogens is 524 g/mol. The average Bonchev–Trinajstić information content (AvgIpc) is 2.67. The Kier molecular flexibility index (Phi) is 11.9. The van der Waals surface area contributed by atoms with Crippen LogP contribution in [0.25, 0.3) is 0 Å². The Morgan fingerprint density at radius 1 is 1.43 bits per heavy atom. The maximum Gasteiger partial charge on any atom is 0.243 e. The molecule has 1 aromatic rings. The molecular formula is C20H32ClFIN5O2. The number of carbonyl (C=O) groups is 1. The van der Waals surface area contributed by atoms with E-state index in [0.29, 0.717) is 49.3 Å². The number of carbonyl (C=O) groups excluding carboxylic acids is 1. The van der Waals surface area contributed by atoms with Crippen LogP contribution >= 0.6 is 35.6 Å². The summed E-state index contributed by atoms with van der Waals surface area (Å²) in [5.41, 5.74) is 0.455. The topological polar surface area (TPSA) is 69.2 Å². The van der Waals surface area contributed by atoms with Gasteiger partial charge in [0.2, 0.25) is 5.91 Å². The molecule has 0 bridgehead atoms. The number of hydrogen-bond acceptors (Lipinski definition) is 4. The molecule has 1 saturated heterocycles. The lowest BCUT2D eigenvalue weighted by molar-refractivity contribution is -0.127. The smallest absolute Gasteiger partial charge is 0.243 e. The van der Waals surface area contributed by atoms with Crippen molar-refractivity contribution in [3.8, 4) is 0 Å². The first kappa shape index (κ1) is 26.9. The van der Waals surface area contributed by atoms with E-state index in [0.717, 1.165) is 0 Å². The molecule has 0 aliphatic carbocycles. The van der Waals surface area contributed by atoms with Gasteiger partial charge in [0.15, 0.2) is 5.96 Å². The summed E-state index contributed by atoms with van der Waals surface area (Å²) in [5, 5.41) is 6.75. The van der Waals surface area contributed by atoms with E-state index in [9.17, 15) is 9.18 Å². The molecule has 0 aromatic heterocycles. The summed E-state index contributed by atoms with van der Waals surface area (Å²) < 4.78 is 20.3. The maximum atomic E-state index is 14.7. The van der Waals surface area contributed by atoms with E-state index >= 15 is 0 Å². The SMILES string of the molecule is CCNC(=NCC(=O)N(C)C)NCC(c1c(F)cccc1Cl)N1CCOC(C)C1.I. The summed E-state index contributed by atoms with van der Waals surface area (Å²) in [4.78, 5) is 19.9. The highest BCUT2D eigenvalue weighted by molar-refractivity contribution is 14.0. The van der Waals surface area contributed by atoms with E-state index < -0.39 is 0 Å². The minimum Gasteiger partial charge on any atom is -0.376 e. The Labute approximate surface area is 200 Å². The Hall–Kier alpha value is -1.17. The number of morpholine rings is 1. The molecule has 0 saturated carbocycles. The Morgan fingerprint density at radius 2 is 2.17 bits per heavy atom. The monoisotopic (exact) mass is 555 g/mol. The molecule has 1 amide bonds. The van der Waals surface area contributed by atoms with E-state index in [2.05, 4.69) is 20.5 Å². The molecule has 1 fully saturated rings. The first-order valence-electron chi connectivity index (χ1n) is 9.85. The number of aliphatic imine (C=N–C) groups is 1. The van der Waals surface area contributed by atoms with E-state index in [1.54, 1.807) is 26.2 Å². The van der Waals surface area contributed by atoms with Gasteiger partial charge in [0.1, 0.15) is 12.4 Å². The van der Waals surface area contributed by atoms with E-state index in [1.165, 1.54) is 11.0 Å². The van der Waals surface area contributed by atoms with Crippen molar-refractivity contribution in [2.24, 2.45) is 4.99 Å². The molecule has 0 spiro atoms. The highest BCUT2D eigenvalue weighted by Crippen LogP contribution is 2.31. The minimum absolute atomic E-state index is 0. The van der Waals surface area contributed by atoms with Crippen LogP contribution in [0.3, 0.4) is 0 Å². The van der Waals surface area contributed by atoms with Gasteiger partial charge in [-0.1, -0.05) is 17.7 Å². The molecule has 2 N–H and O–H groups in total. The zero-order valence-corrected chi connectivity index (χ0v) is 21.0. The number of amides is 1. The molecule has 2 atom stereocenters. The third-order valence-electron chi connectivity index (χ3n) is 4.72. The van der Waals surface area contributed by atoms with Crippen molar-refractivity contribution in [2.45, 2.75) is 26.0 Å². The number of nitrogens with zero attached hydrogens (tertiary/aromatic N) is 3. The molecule has 0 radical (unpaired) electrons. The summed E-state index contributed by atoms with van der Waals surface area (Å²) in [7, 11) is 3.38. The fourth-order valence-corrected chi connectivity index (χ4v) is 3.48. The van der Waals surface area contributed by atoms with E-state index in [1.807, 2.05) is 13.8 Å². The van der Waals surface area contributed by atoms with Crippen molar-refractivity contribution in [1.82, 2.24) is 20.4 Å². The highest BCUT2D eigenvalue weighted by Gasteiger charge is 2.29. The third-order valence-corrected chi connectivity index (χ3v) is 5.05. The van der Waals surface area contributed by atoms with Crippen LogP contribution in [-0.4, -0.2) is 81.2 Å². The summed E-state index contributed by atoms with van der Waals surface area (Å²) in [5.74, 6) is 0.0625. The first-order valence-corrected chi connectivity index (χ1v) is 10.2. The summed E-state index contributed by atoms with van der Waals surface area (Å²) in [6.45, 7) is 6.92. The fraction of sp³-hybridized carbons (Fsp3) is 0.600. The van der Waals surface area contributed by atoms with Crippen LogP contribution in [-0.2, 0) is 9.53 Å². The van der Waals surface area contributed by atoms with Crippen molar-refractivity contribution in [3.63, 3.8) is 0 Å². The zero-order chi connectivity index (χ0) is 21.4. The molecule has 1 aliphatic rings. The van der Waals surface area contributed by atoms with Gasteiger partial charge in [-0.2, -0.15) is 0 Å². The van der Waals surface area contributed by atoms with Gasteiger partial charge < -0.3 is 20.3 Å². The normalized spacial score (nSPS) is 18.3. The van der Waals surface area contributed by atoms with Gasteiger partial charge in [-0.25, -0.2) is 9.38 Å². The van der Waals surface area contributed by atoms with E-state index in [4.69, 9.17) is 16.3 Å². The molecule has 7 nitrogen and oxygen atoms in total. The largest absolute Gasteiger partial charge is 0.376 e. The second-order valence-electron chi connectivity index (χ2n) is 7.19. The average molecular weight is 556 g/mol. The first-order chi connectivity index (χ1) is 13.8. The van der Waals surface area contributed by atoms with Crippen molar-refractivity contribution < 1.29 is 13.9 Å². The molecule has 30 heavy (non-hydrogen) atoms. The molecule has 2 unspecified atom stereocenters. The van der Waals surface area contributed by atoms with Crippen LogP contribution in [0, 0.1) is 5.82 Å². The third kappa shape index (κ3) is 7.82. The molecule has 1 heterocycles.